The number of benzene rings is 1. The maximum Gasteiger partial charge on any atom is 0.251 e. The number of nitriles is 1. The molecule has 116 valence electrons. The normalized spacial score (nSPS) is 21.7. The van der Waals surface area contributed by atoms with E-state index in [-0.39, 0.29) is 12.0 Å². The molecule has 0 aromatic heterocycles. The van der Waals surface area contributed by atoms with Crippen molar-refractivity contribution < 1.29 is 13.9 Å². The smallest absolute Gasteiger partial charge is 0.251 e. The number of ether oxygens (including phenoxy) is 1. The maximum absolute atomic E-state index is 14.0. The Kier molecular flexibility index (Phi) is 4.25. The number of anilines is 1. The van der Waals surface area contributed by atoms with Gasteiger partial charge < -0.3 is 14.5 Å². The van der Waals surface area contributed by atoms with Gasteiger partial charge in [0, 0.05) is 32.8 Å². The topological polar surface area (TPSA) is 56.6 Å². The van der Waals surface area contributed by atoms with Gasteiger partial charge in [0.15, 0.2) is 0 Å². The first-order valence-corrected chi connectivity index (χ1v) is 7.54. The van der Waals surface area contributed by atoms with Crippen LogP contribution in [0.3, 0.4) is 0 Å². The Balaban J connectivity index is 1.62. The Bertz CT molecular complexity index is 600. The summed E-state index contributed by atoms with van der Waals surface area (Å²) < 4.78 is 19.5. The van der Waals surface area contributed by atoms with Crippen molar-refractivity contribution in [3.05, 3.63) is 29.6 Å². The Morgan fingerprint density at radius 2 is 2.09 bits per heavy atom. The van der Waals surface area contributed by atoms with Gasteiger partial charge in [-0.1, -0.05) is 0 Å². The zero-order chi connectivity index (χ0) is 15.5. The number of hydrogen-bond acceptors (Lipinski definition) is 4. The predicted octanol–water partition coefficient (Wildman–Crippen LogP) is 1.52. The van der Waals surface area contributed by atoms with E-state index in [4.69, 9.17) is 10.00 Å². The minimum Gasteiger partial charge on any atom is -0.368 e. The molecule has 6 heteroatoms. The van der Waals surface area contributed by atoms with E-state index in [0.29, 0.717) is 44.0 Å². The zero-order valence-corrected chi connectivity index (χ0v) is 12.3. The van der Waals surface area contributed by atoms with Gasteiger partial charge in [-0.3, -0.25) is 4.79 Å². The van der Waals surface area contributed by atoms with Crippen LogP contribution in [0.2, 0.25) is 0 Å². The molecule has 1 amide bonds. The summed E-state index contributed by atoms with van der Waals surface area (Å²) in [6, 6.07) is 6.42. The fourth-order valence-electron chi connectivity index (χ4n) is 2.98. The Hall–Kier alpha value is -2.13. The summed E-state index contributed by atoms with van der Waals surface area (Å²) in [6.45, 7) is 2.96. The first-order valence-electron chi connectivity index (χ1n) is 7.54. The zero-order valence-electron chi connectivity index (χ0n) is 12.3. The van der Waals surface area contributed by atoms with Crippen LogP contribution in [-0.2, 0) is 9.53 Å². The number of hydrogen-bond donors (Lipinski definition) is 0. The van der Waals surface area contributed by atoms with E-state index in [2.05, 4.69) is 0 Å². The molecule has 0 spiro atoms. The monoisotopic (exact) mass is 303 g/mol. The van der Waals surface area contributed by atoms with E-state index in [0.717, 1.165) is 12.8 Å². The quantitative estimate of drug-likeness (QED) is 0.831. The maximum atomic E-state index is 14.0. The van der Waals surface area contributed by atoms with E-state index < -0.39 is 5.82 Å². The fraction of sp³-hybridized carbons (Fsp3) is 0.500. The fourth-order valence-corrected chi connectivity index (χ4v) is 2.98. The second-order valence-electron chi connectivity index (χ2n) is 5.59. The Labute approximate surface area is 128 Å². The summed E-state index contributed by atoms with van der Waals surface area (Å²) in [5, 5.41) is 8.78. The van der Waals surface area contributed by atoms with Gasteiger partial charge in [0.2, 0.25) is 0 Å². The van der Waals surface area contributed by atoms with Crippen LogP contribution in [0, 0.1) is 17.1 Å². The molecule has 0 saturated carbocycles. The van der Waals surface area contributed by atoms with Crippen LogP contribution in [0.25, 0.3) is 0 Å². The second kappa shape index (κ2) is 6.32. The number of amides is 1. The van der Waals surface area contributed by atoms with E-state index in [9.17, 15) is 9.18 Å². The number of carbonyl (C=O) groups excluding carboxylic acids is 1. The molecule has 1 aromatic carbocycles. The summed E-state index contributed by atoms with van der Waals surface area (Å²) in [5.74, 6) is -0.338. The molecule has 2 saturated heterocycles. The number of carbonyl (C=O) groups is 1. The highest BCUT2D eigenvalue weighted by molar-refractivity contribution is 5.81. The summed E-state index contributed by atoms with van der Waals surface area (Å²) in [5.41, 5.74) is 0.802. The Morgan fingerprint density at radius 3 is 2.68 bits per heavy atom. The predicted molar refractivity (Wildman–Crippen MR) is 78.9 cm³/mol. The number of rotatable bonds is 2. The minimum atomic E-state index is -0.391. The molecule has 1 unspecified atom stereocenters. The molecule has 1 aromatic rings. The second-order valence-corrected chi connectivity index (χ2v) is 5.59. The summed E-state index contributed by atoms with van der Waals surface area (Å²) in [6.07, 6.45) is 1.44. The lowest BCUT2D eigenvalue weighted by Crippen LogP contribution is -2.51. The third-order valence-electron chi connectivity index (χ3n) is 4.21. The highest BCUT2D eigenvalue weighted by Crippen LogP contribution is 2.23. The number of piperazine rings is 1. The van der Waals surface area contributed by atoms with E-state index in [1.54, 1.807) is 17.0 Å². The van der Waals surface area contributed by atoms with Crippen molar-refractivity contribution in [1.29, 1.82) is 5.26 Å². The first kappa shape index (κ1) is 14.8. The van der Waals surface area contributed by atoms with Crippen LogP contribution < -0.4 is 4.90 Å². The molecule has 0 bridgehead atoms. The van der Waals surface area contributed by atoms with Crippen LogP contribution in [0.15, 0.2) is 18.2 Å². The van der Waals surface area contributed by atoms with Gasteiger partial charge in [-0.05, 0) is 31.0 Å². The van der Waals surface area contributed by atoms with Gasteiger partial charge in [-0.25, -0.2) is 4.39 Å². The average Bonchev–Trinajstić information content (AvgIpc) is 3.08. The summed E-state index contributed by atoms with van der Waals surface area (Å²) in [7, 11) is 0. The lowest BCUT2D eigenvalue weighted by atomic mass is 10.1. The first-order chi connectivity index (χ1) is 10.7. The molecule has 0 aliphatic carbocycles. The molecule has 2 aliphatic rings. The van der Waals surface area contributed by atoms with Gasteiger partial charge in [-0.2, -0.15) is 5.26 Å². The van der Waals surface area contributed by atoms with Crippen molar-refractivity contribution in [2.45, 2.75) is 18.9 Å². The summed E-state index contributed by atoms with van der Waals surface area (Å²) >= 11 is 0. The van der Waals surface area contributed by atoms with Crippen LogP contribution in [0.5, 0.6) is 0 Å². The SMILES string of the molecule is N#Cc1ccc(N2CCN(C(=O)C3CCCO3)CC2)c(F)c1. The van der Waals surface area contributed by atoms with Crippen LogP contribution in [0.4, 0.5) is 10.1 Å². The molecule has 0 N–H and O–H groups in total. The van der Waals surface area contributed by atoms with Gasteiger partial charge in [-0.15, -0.1) is 0 Å². The standard InChI is InChI=1S/C16H18FN3O2/c17-13-10-12(11-18)3-4-14(13)19-5-7-20(8-6-19)16(21)15-2-1-9-22-15/h3-4,10,15H,1-2,5-9H2. The third kappa shape index (κ3) is 2.90. The van der Waals surface area contributed by atoms with Crippen molar-refractivity contribution in [3.8, 4) is 6.07 Å². The van der Waals surface area contributed by atoms with Crippen molar-refractivity contribution in [3.63, 3.8) is 0 Å². The van der Waals surface area contributed by atoms with Crippen LogP contribution >= 0.6 is 0 Å². The highest BCUT2D eigenvalue weighted by Gasteiger charge is 2.30. The molecule has 2 fully saturated rings. The molecule has 1 atom stereocenters. The lowest BCUT2D eigenvalue weighted by molar-refractivity contribution is -0.141. The van der Waals surface area contributed by atoms with E-state index in [1.807, 2.05) is 11.0 Å². The molecule has 3 rings (SSSR count). The lowest BCUT2D eigenvalue weighted by Gasteiger charge is -2.37. The average molecular weight is 303 g/mol. The summed E-state index contributed by atoms with van der Waals surface area (Å²) in [4.78, 5) is 16.0. The van der Waals surface area contributed by atoms with E-state index >= 15 is 0 Å². The van der Waals surface area contributed by atoms with Crippen LogP contribution in [0.1, 0.15) is 18.4 Å². The van der Waals surface area contributed by atoms with Crippen molar-refractivity contribution in [2.24, 2.45) is 0 Å². The molecular formula is C16H18FN3O2. The van der Waals surface area contributed by atoms with E-state index in [1.165, 1.54) is 6.07 Å². The van der Waals surface area contributed by atoms with Crippen molar-refractivity contribution in [2.75, 3.05) is 37.7 Å². The van der Waals surface area contributed by atoms with Crippen molar-refractivity contribution >= 4 is 11.6 Å². The van der Waals surface area contributed by atoms with Gasteiger partial charge >= 0.3 is 0 Å². The van der Waals surface area contributed by atoms with Crippen LogP contribution in [-0.4, -0.2) is 49.7 Å². The van der Waals surface area contributed by atoms with Gasteiger partial charge in [0.1, 0.15) is 11.9 Å². The largest absolute Gasteiger partial charge is 0.368 e. The molecule has 22 heavy (non-hydrogen) atoms. The van der Waals surface area contributed by atoms with Crippen molar-refractivity contribution in [1.82, 2.24) is 4.90 Å². The number of nitrogens with zero attached hydrogens (tertiary/aromatic N) is 3. The molecular weight excluding hydrogens is 285 g/mol. The molecule has 0 radical (unpaired) electrons. The highest BCUT2D eigenvalue weighted by atomic mass is 19.1. The molecule has 5 nitrogen and oxygen atoms in total. The van der Waals surface area contributed by atoms with Gasteiger partial charge in [0.25, 0.3) is 5.91 Å². The molecule has 2 heterocycles. The minimum absolute atomic E-state index is 0.0532. The van der Waals surface area contributed by atoms with Gasteiger partial charge in [0.05, 0.1) is 17.3 Å². The number of halogens is 1. The third-order valence-corrected chi connectivity index (χ3v) is 4.21. The molecule has 2 aliphatic heterocycles. The Morgan fingerprint density at radius 1 is 1.32 bits per heavy atom.